The predicted octanol–water partition coefficient (Wildman–Crippen LogP) is 1.06. The average Bonchev–Trinajstić information content (AvgIpc) is 3.03. The van der Waals surface area contributed by atoms with E-state index in [0.717, 1.165) is 31.7 Å². The van der Waals surface area contributed by atoms with Crippen LogP contribution in [0.5, 0.6) is 0 Å². The van der Waals surface area contributed by atoms with Crippen LogP contribution in [-0.2, 0) is 14.3 Å². The van der Waals surface area contributed by atoms with E-state index in [9.17, 15) is 9.59 Å². The minimum atomic E-state index is -0.404. The third-order valence-corrected chi connectivity index (χ3v) is 5.83. The van der Waals surface area contributed by atoms with Gasteiger partial charge in [-0.3, -0.25) is 9.69 Å². The second-order valence-corrected chi connectivity index (χ2v) is 7.25. The van der Waals surface area contributed by atoms with Crippen LogP contribution in [0, 0.1) is 17.8 Å². The first-order valence-electron chi connectivity index (χ1n) is 9.28. The minimum absolute atomic E-state index is 0.144. The largest absolute Gasteiger partial charge is 0.500 e. The highest BCUT2D eigenvalue weighted by Gasteiger charge is 2.41. The molecule has 2 amide bonds. The molecule has 3 rings (SSSR count). The maximum atomic E-state index is 12.9. The highest BCUT2D eigenvalue weighted by atomic mass is 16.5. The number of alkyl carbamates (subject to hydrolysis) is 1. The Balaban J connectivity index is 1.47. The number of nitrogens with one attached hydrogen (secondary N) is 1. The minimum Gasteiger partial charge on any atom is -0.500 e. The van der Waals surface area contributed by atoms with Crippen molar-refractivity contribution in [2.24, 2.45) is 17.8 Å². The Bertz CT molecular complexity index is 528. The van der Waals surface area contributed by atoms with Crippen LogP contribution in [0.2, 0.25) is 0 Å². The smallest absolute Gasteiger partial charge is 0.406 e. The first kappa shape index (κ1) is 18.0. The van der Waals surface area contributed by atoms with Crippen molar-refractivity contribution in [3.8, 4) is 0 Å². The van der Waals surface area contributed by atoms with Crippen LogP contribution in [0.3, 0.4) is 0 Å². The second-order valence-electron chi connectivity index (χ2n) is 7.25. The summed E-state index contributed by atoms with van der Waals surface area (Å²) in [6, 6.07) is 0. The number of piperazine rings is 1. The lowest BCUT2D eigenvalue weighted by molar-refractivity contribution is -0.130. The molecular weight excluding hydrogens is 322 g/mol. The van der Waals surface area contributed by atoms with Crippen LogP contribution < -0.4 is 5.32 Å². The molecule has 1 aliphatic carbocycles. The van der Waals surface area contributed by atoms with Gasteiger partial charge in [0.05, 0.1) is 18.4 Å². The number of rotatable bonds is 4. The molecule has 2 aliphatic heterocycles. The quantitative estimate of drug-likeness (QED) is 0.820. The fourth-order valence-corrected chi connectivity index (χ4v) is 4.18. The molecule has 7 nitrogen and oxygen atoms in total. The van der Waals surface area contributed by atoms with Gasteiger partial charge in [0, 0.05) is 45.7 Å². The Hall–Kier alpha value is -1.76. The molecule has 2 heterocycles. The Morgan fingerprint density at radius 3 is 2.76 bits per heavy atom. The molecule has 7 heteroatoms. The number of ether oxygens (including phenoxy) is 2. The van der Waals surface area contributed by atoms with Gasteiger partial charge in [-0.25, -0.2) is 4.79 Å². The van der Waals surface area contributed by atoms with Crippen molar-refractivity contribution in [3.63, 3.8) is 0 Å². The van der Waals surface area contributed by atoms with E-state index in [2.05, 4.69) is 17.1 Å². The van der Waals surface area contributed by atoms with Crippen molar-refractivity contribution in [1.29, 1.82) is 0 Å². The maximum Gasteiger partial charge on any atom is 0.406 e. The van der Waals surface area contributed by atoms with Crippen LogP contribution >= 0.6 is 0 Å². The third kappa shape index (κ3) is 4.08. The van der Waals surface area contributed by atoms with Gasteiger partial charge in [-0.05, 0) is 24.7 Å². The Labute approximate surface area is 149 Å². The molecule has 2 unspecified atom stereocenters. The summed E-state index contributed by atoms with van der Waals surface area (Å²) in [5, 5.41) is 2.43. The third-order valence-electron chi connectivity index (χ3n) is 5.83. The van der Waals surface area contributed by atoms with Crippen LogP contribution in [-0.4, -0.2) is 74.8 Å². The molecule has 1 saturated carbocycles. The van der Waals surface area contributed by atoms with Crippen molar-refractivity contribution >= 4 is 12.0 Å². The summed E-state index contributed by atoms with van der Waals surface area (Å²) in [5.41, 5.74) is 0.872. The number of amides is 2. The van der Waals surface area contributed by atoms with E-state index < -0.39 is 6.09 Å². The molecule has 1 saturated heterocycles. The molecule has 0 aromatic heterocycles. The van der Waals surface area contributed by atoms with Crippen LogP contribution in [0.25, 0.3) is 0 Å². The van der Waals surface area contributed by atoms with Gasteiger partial charge < -0.3 is 19.7 Å². The molecule has 0 spiro atoms. The van der Waals surface area contributed by atoms with E-state index >= 15 is 0 Å². The molecular formula is C18H29N3O4. The molecule has 3 aliphatic rings. The lowest BCUT2D eigenvalue weighted by atomic mass is 9.84. The molecule has 140 valence electrons. The highest BCUT2D eigenvalue weighted by Crippen LogP contribution is 2.43. The molecule has 3 atom stereocenters. The zero-order valence-corrected chi connectivity index (χ0v) is 15.2. The Morgan fingerprint density at radius 2 is 2.04 bits per heavy atom. The summed E-state index contributed by atoms with van der Waals surface area (Å²) in [6.07, 6.45) is 3.59. The number of carbonyl (C=O) groups excluding carboxylic acids is 2. The summed E-state index contributed by atoms with van der Waals surface area (Å²) in [4.78, 5) is 28.2. The van der Waals surface area contributed by atoms with Gasteiger partial charge in [-0.1, -0.05) is 6.92 Å². The standard InChI is InChI=1S/C18H29N3O4/c1-13-3-4-14-15(13)11-24-12-16(14)17(22)21-7-5-20(6-8-21)9-10-25-18(23)19-2/h12-15H,3-11H2,1-2H3,(H,19,23)/t13-,14?,15?/m1/s1. The van der Waals surface area contributed by atoms with Crippen LogP contribution in [0.15, 0.2) is 11.8 Å². The molecule has 0 radical (unpaired) electrons. The van der Waals surface area contributed by atoms with Crippen LogP contribution in [0.1, 0.15) is 19.8 Å². The molecule has 0 aromatic carbocycles. The van der Waals surface area contributed by atoms with Gasteiger partial charge >= 0.3 is 6.09 Å². The van der Waals surface area contributed by atoms with Crippen molar-refractivity contribution in [1.82, 2.24) is 15.1 Å². The topological polar surface area (TPSA) is 71.1 Å². The summed E-state index contributed by atoms with van der Waals surface area (Å²) < 4.78 is 10.6. The van der Waals surface area contributed by atoms with Crippen LogP contribution in [0.4, 0.5) is 4.79 Å². The predicted molar refractivity (Wildman–Crippen MR) is 92.8 cm³/mol. The molecule has 2 fully saturated rings. The molecule has 0 bridgehead atoms. The fourth-order valence-electron chi connectivity index (χ4n) is 4.18. The fraction of sp³-hybridized carbons (Fsp3) is 0.778. The second kappa shape index (κ2) is 8.08. The summed E-state index contributed by atoms with van der Waals surface area (Å²) in [5.74, 6) is 1.64. The highest BCUT2D eigenvalue weighted by molar-refractivity contribution is 5.94. The summed E-state index contributed by atoms with van der Waals surface area (Å²) >= 11 is 0. The van der Waals surface area contributed by atoms with Gasteiger partial charge in [-0.15, -0.1) is 0 Å². The van der Waals surface area contributed by atoms with E-state index in [1.165, 1.54) is 6.42 Å². The maximum absolute atomic E-state index is 12.9. The normalized spacial score (nSPS) is 29.4. The Morgan fingerprint density at radius 1 is 1.28 bits per heavy atom. The van der Waals surface area contributed by atoms with Gasteiger partial charge in [-0.2, -0.15) is 0 Å². The van der Waals surface area contributed by atoms with E-state index in [1.54, 1.807) is 13.3 Å². The molecule has 0 aromatic rings. The number of carbonyl (C=O) groups is 2. The number of nitrogens with zero attached hydrogens (tertiary/aromatic N) is 2. The summed E-state index contributed by atoms with van der Waals surface area (Å²) in [7, 11) is 1.55. The Kier molecular flexibility index (Phi) is 5.83. The number of hydrogen-bond acceptors (Lipinski definition) is 5. The van der Waals surface area contributed by atoms with E-state index in [1.807, 2.05) is 4.90 Å². The van der Waals surface area contributed by atoms with E-state index in [-0.39, 0.29) is 5.91 Å². The van der Waals surface area contributed by atoms with Gasteiger partial charge in [0.2, 0.25) is 0 Å². The van der Waals surface area contributed by atoms with E-state index in [0.29, 0.717) is 44.0 Å². The van der Waals surface area contributed by atoms with Crippen molar-refractivity contribution in [2.45, 2.75) is 19.8 Å². The first-order valence-corrected chi connectivity index (χ1v) is 9.28. The van der Waals surface area contributed by atoms with E-state index in [4.69, 9.17) is 9.47 Å². The monoisotopic (exact) mass is 351 g/mol. The summed E-state index contributed by atoms with van der Waals surface area (Å²) in [6.45, 7) is 7.12. The lowest BCUT2D eigenvalue weighted by Gasteiger charge is -2.37. The van der Waals surface area contributed by atoms with Crippen molar-refractivity contribution in [2.75, 3.05) is 53.0 Å². The molecule has 25 heavy (non-hydrogen) atoms. The van der Waals surface area contributed by atoms with Crippen molar-refractivity contribution in [3.05, 3.63) is 11.8 Å². The van der Waals surface area contributed by atoms with Crippen molar-refractivity contribution < 1.29 is 19.1 Å². The lowest BCUT2D eigenvalue weighted by Crippen LogP contribution is -2.50. The molecule has 1 N–H and O–H groups in total. The van der Waals surface area contributed by atoms with Gasteiger partial charge in [0.15, 0.2) is 0 Å². The zero-order chi connectivity index (χ0) is 17.8. The first-order chi connectivity index (χ1) is 12.1. The van der Waals surface area contributed by atoms with Gasteiger partial charge in [0.1, 0.15) is 6.61 Å². The number of hydrogen-bond donors (Lipinski definition) is 1. The SMILES string of the molecule is CNC(=O)OCCN1CCN(C(=O)C2=COCC3C2CC[C@H]3C)CC1. The van der Waals surface area contributed by atoms with Gasteiger partial charge in [0.25, 0.3) is 5.91 Å². The zero-order valence-electron chi connectivity index (χ0n) is 15.2. The average molecular weight is 351 g/mol. The number of fused-ring (bicyclic) bond motifs is 1.